The molecule has 134 valence electrons. The molecule has 6 heteroatoms. The van der Waals surface area contributed by atoms with Gasteiger partial charge in [-0.2, -0.15) is 0 Å². The number of hydrogen-bond acceptors (Lipinski definition) is 1. The number of halogens is 5. The molecule has 0 saturated heterocycles. The fourth-order valence-electron chi connectivity index (χ4n) is 3.38. The normalized spacial score (nSPS) is 17.3. The summed E-state index contributed by atoms with van der Waals surface area (Å²) in [6, 6.07) is 7.55. The van der Waals surface area contributed by atoms with Crippen LogP contribution in [0.4, 0.5) is 22.0 Å². The fourth-order valence-corrected chi connectivity index (χ4v) is 3.38. The molecule has 1 atom stereocenters. The van der Waals surface area contributed by atoms with E-state index in [4.69, 9.17) is 0 Å². The molecule has 0 heterocycles. The average Bonchev–Trinajstić information content (AvgIpc) is 2.56. The summed E-state index contributed by atoms with van der Waals surface area (Å²) >= 11 is 0. The van der Waals surface area contributed by atoms with Crippen molar-refractivity contribution in [2.24, 2.45) is 0 Å². The second kappa shape index (κ2) is 6.65. The van der Waals surface area contributed by atoms with Gasteiger partial charge in [-0.15, -0.1) is 13.2 Å². The van der Waals surface area contributed by atoms with Gasteiger partial charge in [0, 0.05) is 0 Å². The van der Waals surface area contributed by atoms with Crippen molar-refractivity contribution in [3.8, 4) is 5.75 Å². The fraction of sp³-hybridized carbons (Fsp3) is 0.368. The first kappa shape index (κ1) is 17.7. The van der Waals surface area contributed by atoms with Gasteiger partial charge in [-0.3, -0.25) is 0 Å². The number of rotatable bonds is 3. The lowest BCUT2D eigenvalue weighted by Gasteiger charge is -2.26. The number of alkyl halides is 3. The van der Waals surface area contributed by atoms with Gasteiger partial charge in [-0.25, -0.2) is 8.78 Å². The predicted molar refractivity (Wildman–Crippen MR) is 83.6 cm³/mol. The first-order valence-corrected chi connectivity index (χ1v) is 8.12. The van der Waals surface area contributed by atoms with Crippen molar-refractivity contribution >= 4 is 0 Å². The summed E-state index contributed by atoms with van der Waals surface area (Å²) in [7, 11) is 0. The van der Waals surface area contributed by atoms with Crippen LogP contribution in [-0.2, 0) is 19.3 Å². The van der Waals surface area contributed by atoms with Crippen LogP contribution >= 0.6 is 0 Å². The maximum absolute atomic E-state index is 14.3. The second-order valence-corrected chi connectivity index (χ2v) is 6.21. The Bertz CT molecular complexity index is 782. The minimum absolute atomic E-state index is 0.118. The van der Waals surface area contributed by atoms with Crippen molar-refractivity contribution in [2.45, 2.75) is 44.9 Å². The van der Waals surface area contributed by atoms with Crippen LogP contribution in [0, 0.1) is 11.6 Å². The van der Waals surface area contributed by atoms with E-state index in [-0.39, 0.29) is 23.7 Å². The molecule has 0 radical (unpaired) electrons. The molecule has 1 aliphatic rings. The van der Waals surface area contributed by atoms with Crippen LogP contribution < -0.4 is 4.74 Å². The third-order valence-corrected chi connectivity index (χ3v) is 4.65. The molecule has 2 aromatic rings. The lowest BCUT2D eigenvalue weighted by atomic mass is 9.79. The highest BCUT2D eigenvalue weighted by Crippen LogP contribution is 2.38. The molecule has 2 aromatic carbocycles. The van der Waals surface area contributed by atoms with E-state index >= 15 is 0 Å². The summed E-state index contributed by atoms with van der Waals surface area (Å²) in [5.41, 5.74) is 2.29. The lowest BCUT2D eigenvalue weighted by Crippen LogP contribution is -2.20. The first-order chi connectivity index (χ1) is 11.8. The van der Waals surface area contributed by atoms with Gasteiger partial charge in [0.15, 0.2) is 11.6 Å². The average molecular weight is 356 g/mol. The van der Waals surface area contributed by atoms with E-state index in [0.717, 1.165) is 18.1 Å². The largest absolute Gasteiger partial charge is 0.573 e. The quantitative estimate of drug-likeness (QED) is 0.641. The Labute approximate surface area is 142 Å². The van der Waals surface area contributed by atoms with E-state index in [1.54, 1.807) is 6.07 Å². The molecule has 3 rings (SSSR count). The van der Waals surface area contributed by atoms with Crippen molar-refractivity contribution in [1.82, 2.24) is 0 Å². The van der Waals surface area contributed by atoms with E-state index in [2.05, 4.69) is 4.74 Å². The molecular weight excluding hydrogens is 339 g/mol. The van der Waals surface area contributed by atoms with Gasteiger partial charge < -0.3 is 4.74 Å². The molecule has 0 spiro atoms. The van der Waals surface area contributed by atoms with Crippen molar-refractivity contribution in [2.75, 3.05) is 0 Å². The van der Waals surface area contributed by atoms with E-state index in [9.17, 15) is 22.0 Å². The number of hydrogen-bond donors (Lipinski definition) is 0. The zero-order valence-electron chi connectivity index (χ0n) is 13.6. The maximum Gasteiger partial charge on any atom is 0.573 e. The van der Waals surface area contributed by atoms with E-state index in [1.807, 2.05) is 13.0 Å². The van der Waals surface area contributed by atoms with Crippen molar-refractivity contribution < 1.29 is 26.7 Å². The van der Waals surface area contributed by atoms with Crippen LogP contribution in [-0.4, -0.2) is 6.36 Å². The highest BCUT2D eigenvalue weighted by molar-refractivity contribution is 5.41. The summed E-state index contributed by atoms with van der Waals surface area (Å²) in [4.78, 5) is 0. The van der Waals surface area contributed by atoms with Gasteiger partial charge in [-0.05, 0) is 66.0 Å². The van der Waals surface area contributed by atoms with E-state index in [0.29, 0.717) is 24.0 Å². The molecule has 0 saturated carbocycles. The summed E-state index contributed by atoms with van der Waals surface area (Å²) in [5.74, 6) is -2.20. The number of benzene rings is 2. The molecule has 0 bridgehead atoms. The molecule has 0 N–H and O–H groups in total. The summed E-state index contributed by atoms with van der Waals surface area (Å²) in [5, 5.41) is 0. The Balaban J connectivity index is 1.86. The Hall–Kier alpha value is -2.11. The van der Waals surface area contributed by atoms with Crippen LogP contribution in [0.2, 0.25) is 0 Å². The molecule has 0 aliphatic heterocycles. The van der Waals surface area contributed by atoms with Crippen LogP contribution in [0.15, 0.2) is 30.3 Å². The zero-order chi connectivity index (χ0) is 18.2. The second-order valence-electron chi connectivity index (χ2n) is 6.21. The Morgan fingerprint density at radius 2 is 1.88 bits per heavy atom. The van der Waals surface area contributed by atoms with Gasteiger partial charge in [0.25, 0.3) is 0 Å². The topological polar surface area (TPSA) is 9.23 Å². The minimum atomic E-state index is -4.93. The lowest BCUT2D eigenvalue weighted by molar-refractivity contribution is -0.275. The van der Waals surface area contributed by atoms with Gasteiger partial charge in [-0.1, -0.05) is 25.1 Å². The van der Waals surface area contributed by atoms with Crippen molar-refractivity contribution in [1.29, 1.82) is 0 Å². The van der Waals surface area contributed by atoms with Crippen LogP contribution in [0.3, 0.4) is 0 Å². The highest BCUT2D eigenvalue weighted by atomic mass is 19.4. The number of aryl methyl sites for hydroxylation is 1. The Morgan fingerprint density at radius 3 is 2.52 bits per heavy atom. The van der Waals surface area contributed by atoms with Gasteiger partial charge in [0.1, 0.15) is 5.82 Å². The Kier molecular flexibility index (Phi) is 4.71. The summed E-state index contributed by atoms with van der Waals surface area (Å²) in [6.45, 7) is 1.94. The molecular formula is C19H17F5O. The number of ether oxygens (including phenoxy) is 1. The Morgan fingerprint density at radius 1 is 1.12 bits per heavy atom. The van der Waals surface area contributed by atoms with Gasteiger partial charge in [0.05, 0.1) is 0 Å². The third-order valence-electron chi connectivity index (χ3n) is 4.65. The van der Waals surface area contributed by atoms with Crippen LogP contribution in [0.1, 0.15) is 41.5 Å². The maximum atomic E-state index is 14.3. The van der Waals surface area contributed by atoms with Crippen LogP contribution in [0.25, 0.3) is 0 Å². The molecule has 0 fully saturated rings. The molecule has 0 aromatic heterocycles. The third kappa shape index (κ3) is 3.78. The van der Waals surface area contributed by atoms with Crippen molar-refractivity contribution in [3.05, 3.63) is 64.2 Å². The SMILES string of the molecule is CCc1ccc(C2CCc3c(ccc(OC(F)(F)F)c3F)C2)c(F)c1. The highest BCUT2D eigenvalue weighted by Gasteiger charge is 2.34. The van der Waals surface area contributed by atoms with E-state index in [1.165, 1.54) is 12.1 Å². The monoisotopic (exact) mass is 356 g/mol. The molecule has 25 heavy (non-hydrogen) atoms. The standard InChI is InChI=1S/C19H17F5O/c1-2-11-3-6-14(16(20)9-11)12-4-7-15-13(10-12)5-8-17(18(15)21)25-19(22,23)24/h3,5-6,8-9,12H,2,4,7,10H2,1H3. The molecule has 1 aliphatic carbocycles. The van der Waals surface area contributed by atoms with E-state index < -0.39 is 17.9 Å². The van der Waals surface area contributed by atoms with Gasteiger partial charge in [0.2, 0.25) is 0 Å². The zero-order valence-corrected chi connectivity index (χ0v) is 13.6. The van der Waals surface area contributed by atoms with Crippen molar-refractivity contribution in [3.63, 3.8) is 0 Å². The molecule has 1 unspecified atom stereocenters. The summed E-state index contributed by atoms with van der Waals surface area (Å²) < 4.78 is 69.3. The minimum Gasteiger partial charge on any atom is -0.403 e. The smallest absolute Gasteiger partial charge is 0.403 e. The predicted octanol–water partition coefficient (Wildman–Crippen LogP) is 5.70. The van der Waals surface area contributed by atoms with Crippen LogP contribution in [0.5, 0.6) is 5.75 Å². The molecule has 1 nitrogen and oxygen atoms in total. The van der Waals surface area contributed by atoms with Gasteiger partial charge >= 0.3 is 6.36 Å². The number of fused-ring (bicyclic) bond motifs is 1. The molecule has 0 amide bonds. The first-order valence-electron chi connectivity index (χ1n) is 8.12. The summed E-state index contributed by atoms with van der Waals surface area (Å²) in [6.07, 6.45) is -3.09.